The highest BCUT2D eigenvalue weighted by Gasteiger charge is 2.05. The normalized spacial score (nSPS) is 14.9. The maximum Gasteiger partial charge on any atom is 0.0315 e. The van der Waals surface area contributed by atoms with Crippen molar-refractivity contribution < 1.29 is 0 Å². The number of hydrogen-bond donors (Lipinski definition) is 1. The molecule has 0 fully saturated rings. The van der Waals surface area contributed by atoms with Crippen molar-refractivity contribution in [3.05, 3.63) is 29.6 Å². The Morgan fingerprint density at radius 1 is 1.36 bits per heavy atom. The molecular formula is C8H11ClN2. The summed E-state index contributed by atoms with van der Waals surface area (Å²) in [5.74, 6) is 0. The lowest BCUT2D eigenvalue weighted by Crippen LogP contribution is -2.23. The van der Waals surface area contributed by atoms with Crippen LogP contribution in [0.15, 0.2) is 18.5 Å². The molecule has 0 spiro atoms. The molecule has 0 radical (unpaired) electrons. The number of hydrogen-bond acceptors (Lipinski definition) is 2. The SMILES string of the molecule is Cl.c1cc2c(cn1)CNCC2. The minimum atomic E-state index is 0. The van der Waals surface area contributed by atoms with Crippen molar-refractivity contribution in [3.8, 4) is 0 Å². The molecule has 2 nitrogen and oxygen atoms in total. The second-order valence-electron chi connectivity index (χ2n) is 2.57. The van der Waals surface area contributed by atoms with Gasteiger partial charge in [-0.3, -0.25) is 4.98 Å². The van der Waals surface area contributed by atoms with E-state index in [9.17, 15) is 0 Å². The van der Waals surface area contributed by atoms with Crippen LogP contribution in [0.4, 0.5) is 0 Å². The van der Waals surface area contributed by atoms with Crippen LogP contribution in [-0.2, 0) is 13.0 Å². The summed E-state index contributed by atoms with van der Waals surface area (Å²) in [6, 6.07) is 2.11. The average Bonchev–Trinajstić information content (AvgIpc) is 2.05. The fraction of sp³-hybridized carbons (Fsp3) is 0.375. The number of nitrogens with one attached hydrogen (secondary N) is 1. The Morgan fingerprint density at radius 3 is 3.09 bits per heavy atom. The maximum absolute atomic E-state index is 4.06. The first-order chi connectivity index (χ1) is 4.97. The largest absolute Gasteiger partial charge is 0.312 e. The minimum absolute atomic E-state index is 0. The Labute approximate surface area is 72.4 Å². The van der Waals surface area contributed by atoms with Gasteiger partial charge in [-0.15, -0.1) is 12.4 Å². The van der Waals surface area contributed by atoms with Crippen LogP contribution in [0.25, 0.3) is 0 Å². The maximum atomic E-state index is 4.06. The van der Waals surface area contributed by atoms with Gasteiger partial charge in [-0.05, 0) is 30.2 Å². The molecule has 0 bridgehead atoms. The Bertz CT molecular complexity index is 212. The Kier molecular flexibility index (Phi) is 2.85. The van der Waals surface area contributed by atoms with Crippen molar-refractivity contribution in [2.45, 2.75) is 13.0 Å². The zero-order valence-electron chi connectivity index (χ0n) is 6.21. The van der Waals surface area contributed by atoms with E-state index in [1.165, 1.54) is 11.1 Å². The molecule has 0 saturated carbocycles. The highest BCUT2D eigenvalue weighted by Crippen LogP contribution is 2.10. The van der Waals surface area contributed by atoms with Gasteiger partial charge in [0.25, 0.3) is 0 Å². The number of aromatic nitrogens is 1. The van der Waals surface area contributed by atoms with E-state index in [1.54, 1.807) is 0 Å². The van der Waals surface area contributed by atoms with Gasteiger partial charge in [0.1, 0.15) is 0 Å². The lowest BCUT2D eigenvalue weighted by molar-refractivity contribution is 0.641. The molecule has 0 aliphatic carbocycles. The van der Waals surface area contributed by atoms with Crippen molar-refractivity contribution in [3.63, 3.8) is 0 Å². The molecule has 1 aromatic heterocycles. The van der Waals surface area contributed by atoms with Gasteiger partial charge in [0, 0.05) is 18.9 Å². The molecule has 2 heterocycles. The molecule has 1 aliphatic heterocycles. The smallest absolute Gasteiger partial charge is 0.0315 e. The highest BCUT2D eigenvalue weighted by molar-refractivity contribution is 5.85. The monoisotopic (exact) mass is 170 g/mol. The fourth-order valence-electron chi connectivity index (χ4n) is 1.31. The van der Waals surface area contributed by atoms with E-state index >= 15 is 0 Å². The van der Waals surface area contributed by atoms with Crippen LogP contribution in [0.5, 0.6) is 0 Å². The summed E-state index contributed by atoms with van der Waals surface area (Å²) < 4.78 is 0. The molecule has 11 heavy (non-hydrogen) atoms. The van der Waals surface area contributed by atoms with E-state index in [0.29, 0.717) is 0 Å². The quantitative estimate of drug-likeness (QED) is 0.632. The van der Waals surface area contributed by atoms with E-state index in [2.05, 4.69) is 16.4 Å². The van der Waals surface area contributed by atoms with Crippen LogP contribution in [0.2, 0.25) is 0 Å². The van der Waals surface area contributed by atoms with Gasteiger partial charge in [0.15, 0.2) is 0 Å². The van der Waals surface area contributed by atoms with Gasteiger partial charge in [-0.2, -0.15) is 0 Å². The number of rotatable bonds is 0. The predicted molar refractivity (Wildman–Crippen MR) is 46.9 cm³/mol. The zero-order valence-corrected chi connectivity index (χ0v) is 7.03. The molecule has 1 aliphatic rings. The van der Waals surface area contributed by atoms with E-state index in [-0.39, 0.29) is 12.4 Å². The summed E-state index contributed by atoms with van der Waals surface area (Å²) >= 11 is 0. The lowest BCUT2D eigenvalue weighted by atomic mass is 10.0. The molecule has 0 unspecified atom stereocenters. The molecule has 60 valence electrons. The molecule has 0 amide bonds. The number of pyridine rings is 1. The molecular weight excluding hydrogens is 160 g/mol. The van der Waals surface area contributed by atoms with Gasteiger partial charge in [-0.25, -0.2) is 0 Å². The average molecular weight is 171 g/mol. The number of fused-ring (bicyclic) bond motifs is 1. The predicted octanol–water partition coefficient (Wildman–Crippen LogP) is 1.15. The van der Waals surface area contributed by atoms with Gasteiger partial charge in [0.05, 0.1) is 0 Å². The van der Waals surface area contributed by atoms with Crippen molar-refractivity contribution >= 4 is 12.4 Å². The first-order valence-corrected chi connectivity index (χ1v) is 3.59. The molecule has 0 aromatic carbocycles. The molecule has 1 aromatic rings. The van der Waals surface area contributed by atoms with E-state index in [1.807, 2.05) is 12.4 Å². The van der Waals surface area contributed by atoms with Crippen LogP contribution < -0.4 is 5.32 Å². The first-order valence-electron chi connectivity index (χ1n) is 3.59. The van der Waals surface area contributed by atoms with Crippen molar-refractivity contribution in [2.24, 2.45) is 0 Å². The van der Waals surface area contributed by atoms with Gasteiger partial charge in [0.2, 0.25) is 0 Å². The summed E-state index contributed by atoms with van der Waals surface area (Å²) in [6.07, 6.45) is 4.96. The summed E-state index contributed by atoms with van der Waals surface area (Å²) in [5.41, 5.74) is 2.81. The third-order valence-electron chi connectivity index (χ3n) is 1.89. The topological polar surface area (TPSA) is 24.9 Å². The van der Waals surface area contributed by atoms with Crippen LogP contribution in [0.1, 0.15) is 11.1 Å². The van der Waals surface area contributed by atoms with E-state index in [4.69, 9.17) is 0 Å². The molecule has 3 heteroatoms. The molecule has 0 saturated heterocycles. The lowest BCUT2D eigenvalue weighted by Gasteiger charge is -2.15. The van der Waals surface area contributed by atoms with Crippen molar-refractivity contribution in [1.82, 2.24) is 10.3 Å². The van der Waals surface area contributed by atoms with Crippen LogP contribution in [0.3, 0.4) is 0 Å². The van der Waals surface area contributed by atoms with Gasteiger partial charge < -0.3 is 5.32 Å². The standard InChI is InChI=1S/C8H10N2.ClH/c1-3-9-5-8-6-10-4-2-7(1)8;/h1,3,5,10H,2,4,6H2;1H. The first kappa shape index (κ1) is 8.50. The Morgan fingerprint density at radius 2 is 2.27 bits per heavy atom. The molecule has 2 rings (SSSR count). The van der Waals surface area contributed by atoms with Crippen LogP contribution in [-0.4, -0.2) is 11.5 Å². The van der Waals surface area contributed by atoms with E-state index in [0.717, 1.165) is 19.5 Å². The van der Waals surface area contributed by atoms with Gasteiger partial charge in [-0.1, -0.05) is 0 Å². The van der Waals surface area contributed by atoms with Crippen LogP contribution >= 0.6 is 12.4 Å². The van der Waals surface area contributed by atoms with Crippen molar-refractivity contribution in [2.75, 3.05) is 6.54 Å². The summed E-state index contributed by atoms with van der Waals surface area (Å²) in [6.45, 7) is 2.10. The number of halogens is 1. The third-order valence-corrected chi connectivity index (χ3v) is 1.89. The van der Waals surface area contributed by atoms with Gasteiger partial charge >= 0.3 is 0 Å². The second-order valence-corrected chi connectivity index (χ2v) is 2.57. The Balaban J connectivity index is 0.000000605. The summed E-state index contributed by atoms with van der Waals surface area (Å²) in [5, 5.41) is 3.30. The number of nitrogens with zero attached hydrogens (tertiary/aromatic N) is 1. The summed E-state index contributed by atoms with van der Waals surface area (Å²) in [4.78, 5) is 4.06. The van der Waals surface area contributed by atoms with Crippen molar-refractivity contribution in [1.29, 1.82) is 0 Å². The molecule has 1 N–H and O–H groups in total. The zero-order chi connectivity index (χ0) is 6.81. The second kappa shape index (κ2) is 3.69. The highest BCUT2D eigenvalue weighted by atomic mass is 35.5. The van der Waals surface area contributed by atoms with Crippen LogP contribution in [0, 0.1) is 0 Å². The molecule has 0 atom stereocenters. The minimum Gasteiger partial charge on any atom is -0.312 e. The fourth-order valence-corrected chi connectivity index (χ4v) is 1.31. The van der Waals surface area contributed by atoms with E-state index < -0.39 is 0 Å². The third kappa shape index (κ3) is 1.70. The summed E-state index contributed by atoms with van der Waals surface area (Å²) in [7, 11) is 0. The Hall–Kier alpha value is -0.600.